The van der Waals surface area contributed by atoms with Gasteiger partial charge in [0.1, 0.15) is 17.4 Å². The summed E-state index contributed by atoms with van der Waals surface area (Å²) in [6, 6.07) is 9.88. The smallest absolute Gasteiger partial charge is 0.429 e. The monoisotopic (exact) mass is 612 g/mol. The van der Waals surface area contributed by atoms with E-state index in [9.17, 15) is 35.1 Å². The van der Waals surface area contributed by atoms with Gasteiger partial charge in [0.25, 0.3) is 0 Å². The minimum atomic E-state index is -4.31. The fourth-order valence-electron chi connectivity index (χ4n) is 5.09. The SMILES string of the molecule is CCCCCCCC(F)=C(F)c1ccc(C2CCC(c3ccc(C(F)(F)Oc4cc(F)c(F)c(F)c4)c(F)c3)OC2)cc1. The molecule has 1 saturated heterocycles. The molecular formula is C33H32F8O2. The standard InChI is InChI=1S/C33H32F8O2/c1-2-3-4-5-6-7-26(34)31(38)21-10-8-20(9-11-21)23-13-15-30(42-19-23)22-12-14-25(27(35)16-22)33(40,41)43-24-17-28(36)32(39)29(37)18-24/h8-12,14,16-18,23,30H,2-7,13,15,19H2,1H3. The number of allylic oxidation sites excluding steroid dienone is 1. The van der Waals surface area contributed by atoms with Crippen LogP contribution in [0.15, 0.2) is 60.4 Å². The number of unbranched alkanes of at least 4 members (excludes halogenated alkanes) is 4. The van der Waals surface area contributed by atoms with Gasteiger partial charge in [-0.1, -0.05) is 62.9 Å². The zero-order valence-electron chi connectivity index (χ0n) is 23.6. The molecule has 1 fully saturated rings. The van der Waals surface area contributed by atoms with E-state index >= 15 is 0 Å². The highest BCUT2D eigenvalue weighted by molar-refractivity contribution is 5.61. The molecular weight excluding hydrogens is 580 g/mol. The Morgan fingerprint density at radius 3 is 2.07 bits per heavy atom. The van der Waals surface area contributed by atoms with Gasteiger partial charge < -0.3 is 9.47 Å². The lowest BCUT2D eigenvalue weighted by molar-refractivity contribution is -0.187. The molecule has 1 heterocycles. The van der Waals surface area contributed by atoms with E-state index in [4.69, 9.17) is 4.74 Å². The quantitative estimate of drug-likeness (QED) is 0.115. The molecule has 0 radical (unpaired) electrons. The molecule has 2 unspecified atom stereocenters. The van der Waals surface area contributed by atoms with Gasteiger partial charge in [-0.3, -0.25) is 0 Å². The van der Waals surface area contributed by atoms with Crippen LogP contribution >= 0.6 is 0 Å². The molecule has 43 heavy (non-hydrogen) atoms. The van der Waals surface area contributed by atoms with Crippen LogP contribution in [0.2, 0.25) is 0 Å². The second-order valence-electron chi connectivity index (χ2n) is 10.7. The summed E-state index contributed by atoms with van der Waals surface area (Å²) in [7, 11) is 0. The molecule has 3 aromatic carbocycles. The molecule has 0 spiro atoms. The highest BCUT2D eigenvalue weighted by Gasteiger charge is 2.39. The highest BCUT2D eigenvalue weighted by atomic mass is 19.3. The van der Waals surface area contributed by atoms with E-state index < -0.39 is 58.4 Å². The molecule has 0 aliphatic carbocycles. The largest absolute Gasteiger partial charge is 0.429 e. The van der Waals surface area contributed by atoms with Gasteiger partial charge in [-0.25, -0.2) is 26.3 Å². The number of hydrogen-bond donors (Lipinski definition) is 0. The number of alkyl halides is 2. The van der Waals surface area contributed by atoms with E-state index in [0.29, 0.717) is 24.8 Å². The normalized spacial score (nSPS) is 18.0. The van der Waals surface area contributed by atoms with Crippen LogP contribution < -0.4 is 4.74 Å². The molecule has 0 bridgehead atoms. The summed E-state index contributed by atoms with van der Waals surface area (Å²) in [4.78, 5) is 0. The molecule has 2 nitrogen and oxygen atoms in total. The minimum absolute atomic E-state index is 0.0564. The third-order valence-electron chi connectivity index (χ3n) is 7.53. The van der Waals surface area contributed by atoms with Crippen LogP contribution in [0.4, 0.5) is 35.1 Å². The van der Waals surface area contributed by atoms with Crippen molar-refractivity contribution < 1.29 is 44.6 Å². The van der Waals surface area contributed by atoms with E-state index in [0.717, 1.165) is 43.4 Å². The molecule has 0 saturated carbocycles. The van der Waals surface area contributed by atoms with Gasteiger partial charge in [0.05, 0.1) is 18.3 Å². The fraction of sp³-hybridized carbons (Fsp3) is 0.394. The maximum absolute atomic E-state index is 14.8. The summed E-state index contributed by atoms with van der Waals surface area (Å²) >= 11 is 0. The predicted octanol–water partition coefficient (Wildman–Crippen LogP) is 11.0. The van der Waals surface area contributed by atoms with Crippen LogP contribution in [0.3, 0.4) is 0 Å². The van der Waals surface area contributed by atoms with Crippen molar-refractivity contribution in [1.82, 2.24) is 0 Å². The lowest BCUT2D eigenvalue weighted by Crippen LogP contribution is -2.24. The molecule has 1 aliphatic rings. The molecule has 4 rings (SSSR count). The molecule has 1 aliphatic heterocycles. The van der Waals surface area contributed by atoms with Crippen molar-refractivity contribution in [3.05, 3.63) is 106 Å². The first-order valence-corrected chi connectivity index (χ1v) is 14.3. The van der Waals surface area contributed by atoms with Crippen molar-refractivity contribution in [2.24, 2.45) is 0 Å². The van der Waals surface area contributed by atoms with Crippen molar-refractivity contribution in [1.29, 1.82) is 0 Å². The Bertz CT molecular complexity index is 1390. The van der Waals surface area contributed by atoms with E-state index in [1.807, 2.05) is 0 Å². The summed E-state index contributed by atoms with van der Waals surface area (Å²) in [6.45, 7) is 2.32. The number of rotatable bonds is 12. The van der Waals surface area contributed by atoms with E-state index in [1.165, 1.54) is 18.2 Å². The Morgan fingerprint density at radius 2 is 1.47 bits per heavy atom. The first-order chi connectivity index (χ1) is 20.5. The summed E-state index contributed by atoms with van der Waals surface area (Å²) < 4.78 is 123. The van der Waals surface area contributed by atoms with Crippen molar-refractivity contribution in [3.8, 4) is 5.75 Å². The second kappa shape index (κ2) is 14.4. The Kier molecular flexibility index (Phi) is 10.9. The van der Waals surface area contributed by atoms with Crippen LogP contribution in [-0.2, 0) is 10.8 Å². The number of halogens is 8. The Balaban J connectivity index is 1.34. The van der Waals surface area contributed by atoms with Crippen LogP contribution in [0.1, 0.15) is 92.6 Å². The first-order valence-electron chi connectivity index (χ1n) is 14.3. The van der Waals surface area contributed by atoms with E-state index in [-0.39, 0.29) is 36.6 Å². The van der Waals surface area contributed by atoms with Gasteiger partial charge in [0, 0.05) is 30.0 Å². The Hall–Kier alpha value is -3.40. The van der Waals surface area contributed by atoms with Crippen LogP contribution in [0, 0.1) is 23.3 Å². The van der Waals surface area contributed by atoms with Crippen molar-refractivity contribution in [2.45, 2.75) is 76.4 Å². The van der Waals surface area contributed by atoms with E-state index in [1.54, 1.807) is 12.1 Å². The maximum Gasteiger partial charge on any atom is 0.429 e. The lowest BCUT2D eigenvalue weighted by Gasteiger charge is -2.30. The predicted molar refractivity (Wildman–Crippen MR) is 147 cm³/mol. The molecule has 0 amide bonds. The Morgan fingerprint density at radius 1 is 0.814 bits per heavy atom. The zero-order valence-corrected chi connectivity index (χ0v) is 23.6. The number of hydrogen-bond acceptors (Lipinski definition) is 2. The fourth-order valence-corrected chi connectivity index (χ4v) is 5.09. The second-order valence-corrected chi connectivity index (χ2v) is 10.7. The minimum Gasteiger partial charge on any atom is -0.429 e. The topological polar surface area (TPSA) is 18.5 Å². The van der Waals surface area contributed by atoms with Crippen molar-refractivity contribution in [3.63, 3.8) is 0 Å². The molecule has 232 valence electrons. The van der Waals surface area contributed by atoms with Crippen LogP contribution in [0.5, 0.6) is 5.75 Å². The lowest BCUT2D eigenvalue weighted by atomic mass is 9.89. The molecule has 2 atom stereocenters. The van der Waals surface area contributed by atoms with Gasteiger partial charge in [0.2, 0.25) is 0 Å². The summed E-state index contributed by atoms with van der Waals surface area (Å²) in [5, 5.41) is 0. The molecule has 10 heteroatoms. The van der Waals surface area contributed by atoms with Gasteiger partial charge in [-0.05, 0) is 42.5 Å². The Labute approximate surface area is 245 Å². The van der Waals surface area contributed by atoms with Crippen molar-refractivity contribution in [2.75, 3.05) is 6.61 Å². The summed E-state index contributed by atoms with van der Waals surface area (Å²) in [5.74, 6) is -9.32. The van der Waals surface area contributed by atoms with E-state index in [2.05, 4.69) is 11.7 Å². The third-order valence-corrected chi connectivity index (χ3v) is 7.53. The van der Waals surface area contributed by atoms with Gasteiger partial charge in [-0.2, -0.15) is 8.78 Å². The average Bonchev–Trinajstić information content (AvgIpc) is 2.99. The third kappa shape index (κ3) is 8.16. The number of benzene rings is 3. The summed E-state index contributed by atoms with van der Waals surface area (Å²) in [6.07, 6.45) is 0.826. The molecule has 0 N–H and O–H groups in total. The highest BCUT2D eigenvalue weighted by Crippen LogP contribution is 2.39. The molecule has 3 aromatic rings. The van der Waals surface area contributed by atoms with Crippen molar-refractivity contribution >= 4 is 5.83 Å². The average molecular weight is 613 g/mol. The van der Waals surface area contributed by atoms with Gasteiger partial charge in [0.15, 0.2) is 23.3 Å². The van der Waals surface area contributed by atoms with Gasteiger partial charge in [-0.15, -0.1) is 0 Å². The number of ether oxygens (including phenoxy) is 2. The maximum atomic E-state index is 14.8. The zero-order chi connectivity index (χ0) is 31.1. The van der Waals surface area contributed by atoms with Gasteiger partial charge >= 0.3 is 6.11 Å². The summed E-state index contributed by atoms with van der Waals surface area (Å²) in [5.41, 5.74) is 0.156. The molecule has 0 aromatic heterocycles. The van der Waals surface area contributed by atoms with Crippen LogP contribution in [0.25, 0.3) is 5.83 Å². The first kappa shape index (κ1) is 32.5. The van der Waals surface area contributed by atoms with Crippen LogP contribution in [-0.4, -0.2) is 6.61 Å².